The molecule has 0 bridgehead atoms. The summed E-state index contributed by atoms with van der Waals surface area (Å²) in [6.07, 6.45) is 1.59. The van der Waals surface area contributed by atoms with Gasteiger partial charge in [0.05, 0.1) is 23.7 Å². The maximum Gasteiger partial charge on any atom is 0.250 e. The van der Waals surface area contributed by atoms with Gasteiger partial charge in [0.2, 0.25) is 5.91 Å². The van der Waals surface area contributed by atoms with E-state index in [2.05, 4.69) is 5.32 Å². The number of anilines is 1. The number of benzene rings is 2. The van der Waals surface area contributed by atoms with E-state index < -0.39 is 15.9 Å². The molecule has 0 aliphatic carbocycles. The van der Waals surface area contributed by atoms with E-state index in [1.54, 1.807) is 18.3 Å². The summed E-state index contributed by atoms with van der Waals surface area (Å²) < 4.78 is 25.3. The van der Waals surface area contributed by atoms with Crippen LogP contribution in [0.5, 0.6) is 0 Å². The molecule has 2 aromatic carbocycles. The number of hydrogen-bond acceptors (Lipinski definition) is 5. The molecule has 1 saturated heterocycles. The van der Waals surface area contributed by atoms with Crippen LogP contribution in [0.1, 0.15) is 17.2 Å². The number of pyridine rings is 1. The molecule has 7 nitrogen and oxygen atoms in total. The van der Waals surface area contributed by atoms with Crippen LogP contribution in [0.15, 0.2) is 77.7 Å². The monoisotopic (exact) mass is 485 g/mol. The van der Waals surface area contributed by atoms with Gasteiger partial charge in [0.15, 0.2) is 9.84 Å². The van der Waals surface area contributed by atoms with Gasteiger partial charge in [-0.2, -0.15) is 0 Å². The molecule has 0 radical (unpaired) electrons. The Morgan fingerprint density at radius 3 is 2.33 bits per heavy atom. The lowest BCUT2D eigenvalue weighted by Gasteiger charge is -2.33. The fourth-order valence-corrected chi connectivity index (χ4v) is 5.32. The summed E-state index contributed by atoms with van der Waals surface area (Å²) in [6.45, 7) is 0.830. The third-order valence-electron chi connectivity index (χ3n) is 5.66. The smallest absolute Gasteiger partial charge is 0.250 e. The number of hydrogen-bond donors (Lipinski definition) is 1. The van der Waals surface area contributed by atoms with Gasteiger partial charge in [-0.3, -0.25) is 14.5 Å². The molecule has 4 rings (SSSR count). The van der Waals surface area contributed by atoms with Crippen molar-refractivity contribution in [2.45, 2.75) is 12.6 Å². The second-order valence-electron chi connectivity index (χ2n) is 7.97. The molecule has 1 aliphatic rings. The van der Waals surface area contributed by atoms with Gasteiger partial charge in [-0.1, -0.05) is 60.1 Å². The van der Waals surface area contributed by atoms with Crippen LogP contribution in [0, 0.1) is 0 Å². The van der Waals surface area contributed by atoms with Gasteiger partial charge in [-0.25, -0.2) is 8.42 Å². The van der Waals surface area contributed by atoms with E-state index in [-0.39, 0.29) is 42.6 Å². The molecule has 1 fully saturated rings. The van der Waals surface area contributed by atoms with Crippen molar-refractivity contribution in [3.63, 3.8) is 0 Å². The minimum absolute atomic E-state index is 0.0202. The zero-order valence-corrected chi connectivity index (χ0v) is 19.4. The number of nitrogens with one attached hydrogen (secondary N) is 1. The van der Waals surface area contributed by atoms with Crippen LogP contribution in [0.4, 0.5) is 5.69 Å². The Hall–Kier alpha value is -2.94. The maximum atomic E-state index is 13.4. The summed E-state index contributed by atoms with van der Waals surface area (Å²) >= 11 is 6.23. The lowest BCUT2D eigenvalue weighted by molar-refractivity contribution is -0.121. The summed E-state index contributed by atoms with van der Waals surface area (Å²) in [4.78, 5) is 27.6. The molecular formula is C24H24ClN3O4S. The number of carbonyl (C=O) groups excluding carboxylic acids is 1. The molecule has 1 aliphatic heterocycles. The molecule has 1 amide bonds. The van der Waals surface area contributed by atoms with Crippen LogP contribution in [0.3, 0.4) is 0 Å². The van der Waals surface area contributed by atoms with Crippen molar-refractivity contribution >= 4 is 33.0 Å². The van der Waals surface area contributed by atoms with E-state index in [0.29, 0.717) is 10.7 Å². The van der Waals surface area contributed by atoms with Crippen molar-refractivity contribution < 1.29 is 13.2 Å². The summed E-state index contributed by atoms with van der Waals surface area (Å²) in [5, 5.41) is 3.46. The zero-order chi connectivity index (χ0) is 23.4. The normalized spacial score (nSPS) is 16.8. The fraction of sp³-hybridized carbons (Fsp3) is 0.250. The summed E-state index contributed by atoms with van der Waals surface area (Å²) in [6, 6.07) is 18.9. The van der Waals surface area contributed by atoms with Crippen molar-refractivity contribution in [1.82, 2.24) is 9.47 Å². The van der Waals surface area contributed by atoms with Gasteiger partial charge in [0.25, 0.3) is 5.56 Å². The lowest BCUT2D eigenvalue weighted by atomic mass is 10.0. The van der Waals surface area contributed by atoms with Crippen molar-refractivity contribution in [2.75, 3.05) is 29.9 Å². The largest absolute Gasteiger partial charge is 0.323 e. The molecule has 1 aromatic heterocycles. The van der Waals surface area contributed by atoms with E-state index in [9.17, 15) is 18.0 Å². The fourth-order valence-electron chi connectivity index (χ4n) is 3.90. The van der Waals surface area contributed by atoms with Gasteiger partial charge in [0.1, 0.15) is 6.04 Å². The van der Waals surface area contributed by atoms with Crippen LogP contribution in [0.25, 0.3) is 0 Å². The molecule has 3 aromatic rings. The number of halogens is 1. The highest BCUT2D eigenvalue weighted by Crippen LogP contribution is 2.25. The Morgan fingerprint density at radius 1 is 0.970 bits per heavy atom. The first-order valence-corrected chi connectivity index (χ1v) is 12.8. The predicted octanol–water partition coefficient (Wildman–Crippen LogP) is 2.96. The number of sulfone groups is 1. The van der Waals surface area contributed by atoms with Crippen LogP contribution in [-0.2, 0) is 21.2 Å². The first-order chi connectivity index (χ1) is 15.8. The molecule has 33 heavy (non-hydrogen) atoms. The van der Waals surface area contributed by atoms with E-state index in [1.165, 1.54) is 10.6 Å². The average Bonchev–Trinajstić information content (AvgIpc) is 2.79. The summed E-state index contributed by atoms with van der Waals surface area (Å²) in [7, 11) is -3.08. The zero-order valence-electron chi connectivity index (χ0n) is 17.9. The third kappa shape index (κ3) is 5.71. The van der Waals surface area contributed by atoms with E-state index in [1.807, 2.05) is 53.4 Å². The van der Waals surface area contributed by atoms with Crippen LogP contribution >= 0.6 is 11.6 Å². The van der Waals surface area contributed by atoms with Crippen molar-refractivity contribution in [3.05, 3.63) is 99.4 Å². The van der Waals surface area contributed by atoms with Crippen molar-refractivity contribution in [3.8, 4) is 0 Å². The second kappa shape index (κ2) is 9.91. The van der Waals surface area contributed by atoms with E-state index >= 15 is 0 Å². The Morgan fingerprint density at radius 2 is 1.64 bits per heavy atom. The lowest BCUT2D eigenvalue weighted by Crippen LogP contribution is -2.46. The molecule has 0 saturated carbocycles. The molecule has 1 unspecified atom stereocenters. The highest BCUT2D eigenvalue weighted by Gasteiger charge is 2.32. The maximum absolute atomic E-state index is 13.4. The topological polar surface area (TPSA) is 88.5 Å². The van der Waals surface area contributed by atoms with Gasteiger partial charge in [0, 0.05) is 30.4 Å². The first-order valence-electron chi connectivity index (χ1n) is 10.6. The molecule has 9 heteroatoms. The van der Waals surface area contributed by atoms with Crippen LogP contribution in [-0.4, -0.2) is 48.4 Å². The van der Waals surface area contributed by atoms with Gasteiger partial charge in [-0.05, 0) is 23.3 Å². The number of carbonyl (C=O) groups is 1. The SMILES string of the molecule is O=C(Nc1ccc(=O)n(Cc2ccccc2Cl)c1)C(c1ccccc1)N1CCS(=O)(=O)CC1. The first kappa shape index (κ1) is 23.2. The Labute approximate surface area is 197 Å². The van der Waals surface area contributed by atoms with E-state index in [4.69, 9.17) is 11.6 Å². The van der Waals surface area contributed by atoms with Crippen LogP contribution < -0.4 is 10.9 Å². The molecule has 1 N–H and O–H groups in total. The van der Waals surface area contributed by atoms with Gasteiger partial charge in [-0.15, -0.1) is 0 Å². The second-order valence-corrected chi connectivity index (χ2v) is 10.7. The average molecular weight is 486 g/mol. The molecule has 1 atom stereocenters. The number of aromatic nitrogens is 1. The Kier molecular flexibility index (Phi) is 6.97. The van der Waals surface area contributed by atoms with Crippen molar-refractivity contribution in [2.24, 2.45) is 0 Å². The van der Waals surface area contributed by atoms with E-state index in [0.717, 1.165) is 11.1 Å². The number of nitrogens with zero attached hydrogens (tertiary/aromatic N) is 2. The predicted molar refractivity (Wildman–Crippen MR) is 129 cm³/mol. The van der Waals surface area contributed by atoms with Gasteiger partial charge < -0.3 is 9.88 Å². The number of amides is 1. The van der Waals surface area contributed by atoms with Crippen molar-refractivity contribution in [1.29, 1.82) is 0 Å². The number of rotatable bonds is 6. The molecular weight excluding hydrogens is 462 g/mol. The summed E-state index contributed by atoms with van der Waals surface area (Å²) in [5.41, 5.74) is 1.83. The molecule has 0 spiro atoms. The summed E-state index contributed by atoms with van der Waals surface area (Å²) in [5.74, 6) is -0.248. The van der Waals surface area contributed by atoms with Crippen LogP contribution in [0.2, 0.25) is 5.02 Å². The Bertz CT molecular complexity index is 1290. The Balaban J connectivity index is 1.58. The quantitative estimate of drug-likeness (QED) is 0.580. The standard InChI is InChI=1S/C24H24ClN3O4S/c25-21-9-5-4-8-19(21)16-28-17-20(10-11-22(28)29)26-24(30)23(18-6-2-1-3-7-18)27-12-14-33(31,32)15-13-27/h1-11,17,23H,12-16H2,(H,26,30). The highest BCUT2D eigenvalue weighted by molar-refractivity contribution is 7.91. The minimum atomic E-state index is -3.08. The highest BCUT2D eigenvalue weighted by atomic mass is 35.5. The van der Waals surface area contributed by atoms with Gasteiger partial charge >= 0.3 is 0 Å². The minimum Gasteiger partial charge on any atom is -0.323 e. The molecule has 172 valence electrons. The molecule has 2 heterocycles. The third-order valence-corrected chi connectivity index (χ3v) is 7.64.